The van der Waals surface area contributed by atoms with Gasteiger partial charge < -0.3 is 10.4 Å². The molecule has 0 rings (SSSR count). The van der Waals surface area contributed by atoms with Crippen LogP contribution in [0.4, 0.5) is 0 Å². The molecule has 0 aromatic rings. The van der Waals surface area contributed by atoms with Crippen molar-refractivity contribution >= 4 is 23.5 Å². The summed E-state index contributed by atoms with van der Waals surface area (Å²) < 4.78 is 0. The molecule has 0 saturated heterocycles. The zero-order valence-electron chi connectivity index (χ0n) is 7.71. The van der Waals surface area contributed by atoms with Gasteiger partial charge in [0.2, 0.25) is 5.91 Å². The van der Waals surface area contributed by atoms with Gasteiger partial charge in [0.1, 0.15) is 11.9 Å². The predicted molar refractivity (Wildman–Crippen MR) is 49.7 cm³/mol. The van der Waals surface area contributed by atoms with Crippen LogP contribution in [0.25, 0.3) is 0 Å². The first-order valence-corrected chi connectivity index (χ1v) is 4.59. The largest absolute Gasteiger partial charge is 0.480 e. The molecule has 0 bridgehead atoms. The number of halogens is 1. The summed E-state index contributed by atoms with van der Waals surface area (Å²) in [5.41, 5.74) is 0. The molecule has 0 aromatic carbocycles. The predicted octanol–water partition coefficient (Wildman–Crippen LogP) is 0.841. The number of carbonyl (C=O) groups is 2. The molecule has 0 heterocycles. The maximum absolute atomic E-state index is 10.8. The fraction of sp³-hybridized carbons (Fsp3) is 0.750. The van der Waals surface area contributed by atoms with E-state index in [1.54, 1.807) is 0 Å². The molecule has 0 aromatic heterocycles. The molecule has 0 spiro atoms. The van der Waals surface area contributed by atoms with Crippen molar-refractivity contribution in [2.24, 2.45) is 5.92 Å². The Kier molecular flexibility index (Phi) is 5.46. The Bertz CT molecular complexity index is 194. The molecule has 0 aliphatic rings. The van der Waals surface area contributed by atoms with Crippen LogP contribution in [0.5, 0.6) is 0 Å². The number of carboxylic acid groups (broad SMARTS) is 1. The average molecular weight is 208 g/mol. The lowest BCUT2D eigenvalue weighted by molar-refractivity contribution is -0.141. The van der Waals surface area contributed by atoms with Crippen molar-refractivity contribution in [2.75, 3.05) is 5.88 Å². The van der Waals surface area contributed by atoms with Gasteiger partial charge >= 0.3 is 5.97 Å². The van der Waals surface area contributed by atoms with E-state index in [0.717, 1.165) is 0 Å². The minimum atomic E-state index is -1.02. The van der Waals surface area contributed by atoms with Crippen LogP contribution in [0.1, 0.15) is 20.3 Å². The van der Waals surface area contributed by atoms with Crippen molar-refractivity contribution in [1.82, 2.24) is 5.32 Å². The van der Waals surface area contributed by atoms with Crippen molar-refractivity contribution in [1.29, 1.82) is 0 Å². The molecule has 0 fully saturated rings. The number of alkyl halides is 1. The second kappa shape index (κ2) is 5.80. The molecule has 0 radical (unpaired) electrons. The highest BCUT2D eigenvalue weighted by Crippen LogP contribution is 2.04. The molecule has 1 atom stereocenters. The second-order valence-corrected chi connectivity index (χ2v) is 3.49. The van der Waals surface area contributed by atoms with Gasteiger partial charge in [-0.25, -0.2) is 4.79 Å². The maximum atomic E-state index is 10.8. The van der Waals surface area contributed by atoms with Gasteiger partial charge in [-0.1, -0.05) is 13.8 Å². The van der Waals surface area contributed by atoms with E-state index >= 15 is 0 Å². The molecule has 4 nitrogen and oxygen atoms in total. The number of hydrogen-bond donors (Lipinski definition) is 2. The van der Waals surface area contributed by atoms with Crippen LogP contribution in [0, 0.1) is 5.92 Å². The summed E-state index contributed by atoms with van der Waals surface area (Å²) in [4.78, 5) is 21.4. The third kappa shape index (κ3) is 5.47. The van der Waals surface area contributed by atoms with Crippen LogP contribution in [0.2, 0.25) is 0 Å². The smallest absolute Gasteiger partial charge is 0.326 e. The van der Waals surface area contributed by atoms with Crippen molar-refractivity contribution < 1.29 is 14.7 Å². The Morgan fingerprint density at radius 2 is 2.00 bits per heavy atom. The lowest BCUT2D eigenvalue weighted by Crippen LogP contribution is -2.42. The highest BCUT2D eigenvalue weighted by Gasteiger charge is 2.20. The minimum absolute atomic E-state index is 0.206. The van der Waals surface area contributed by atoms with Crippen molar-refractivity contribution in [2.45, 2.75) is 26.3 Å². The standard InChI is InChI=1S/C8H14ClNO3/c1-5(2)3-6(8(12)13)10-7(11)4-9/h5-6H,3-4H2,1-2H3,(H,10,11)(H,12,13)/t6-/m0/s1. The first kappa shape index (κ1) is 12.2. The van der Waals surface area contributed by atoms with Crippen LogP contribution in [-0.2, 0) is 9.59 Å². The van der Waals surface area contributed by atoms with E-state index < -0.39 is 17.9 Å². The summed E-state index contributed by atoms with van der Waals surface area (Å²) >= 11 is 5.23. The first-order chi connectivity index (χ1) is 5.97. The van der Waals surface area contributed by atoms with Gasteiger partial charge in [-0.15, -0.1) is 11.6 Å². The van der Waals surface area contributed by atoms with E-state index in [1.807, 2.05) is 13.8 Å². The lowest BCUT2D eigenvalue weighted by Gasteiger charge is -2.15. The Morgan fingerprint density at radius 1 is 1.46 bits per heavy atom. The summed E-state index contributed by atoms with van der Waals surface area (Å²) in [6.07, 6.45) is 0.415. The lowest BCUT2D eigenvalue weighted by atomic mass is 10.0. The molecule has 0 unspecified atom stereocenters. The van der Waals surface area contributed by atoms with E-state index in [9.17, 15) is 9.59 Å². The molecular formula is C8H14ClNO3. The van der Waals surface area contributed by atoms with Gasteiger partial charge in [0, 0.05) is 0 Å². The van der Waals surface area contributed by atoms with Gasteiger partial charge in [0.25, 0.3) is 0 Å². The third-order valence-corrected chi connectivity index (χ3v) is 1.70. The molecule has 0 aliphatic carbocycles. The third-order valence-electron chi connectivity index (χ3n) is 1.46. The molecule has 1 amide bonds. The normalized spacial score (nSPS) is 12.6. The van der Waals surface area contributed by atoms with E-state index in [0.29, 0.717) is 6.42 Å². The average Bonchev–Trinajstić information content (AvgIpc) is 2.02. The first-order valence-electron chi connectivity index (χ1n) is 4.05. The van der Waals surface area contributed by atoms with Gasteiger partial charge in [-0.05, 0) is 12.3 Å². The Morgan fingerprint density at radius 3 is 2.31 bits per heavy atom. The van der Waals surface area contributed by atoms with Crippen molar-refractivity contribution in [3.05, 3.63) is 0 Å². The zero-order valence-corrected chi connectivity index (χ0v) is 8.47. The van der Waals surface area contributed by atoms with Crippen LogP contribution < -0.4 is 5.32 Å². The van der Waals surface area contributed by atoms with Gasteiger partial charge in [0.15, 0.2) is 0 Å². The Hall–Kier alpha value is -0.770. The number of nitrogens with one attached hydrogen (secondary N) is 1. The molecule has 2 N–H and O–H groups in total. The van der Waals surface area contributed by atoms with Crippen LogP contribution >= 0.6 is 11.6 Å². The quantitative estimate of drug-likeness (QED) is 0.657. The van der Waals surface area contributed by atoms with E-state index in [-0.39, 0.29) is 11.8 Å². The van der Waals surface area contributed by atoms with Crippen molar-refractivity contribution in [3.8, 4) is 0 Å². The molecule has 76 valence electrons. The molecule has 13 heavy (non-hydrogen) atoms. The molecule has 5 heteroatoms. The van der Waals surface area contributed by atoms with Crippen LogP contribution in [0.15, 0.2) is 0 Å². The summed E-state index contributed by atoms with van der Waals surface area (Å²) in [5.74, 6) is -1.46. The monoisotopic (exact) mass is 207 g/mol. The van der Waals surface area contributed by atoms with Crippen LogP contribution in [-0.4, -0.2) is 28.9 Å². The van der Waals surface area contributed by atoms with Gasteiger partial charge in [-0.3, -0.25) is 4.79 Å². The second-order valence-electron chi connectivity index (χ2n) is 3.22. The minimum Gasteiger partial charge on any atom is -0.480 e. The number of hydrogen-bond acceptors (Lipinski definition) is 2. The fourth-order valence-corrected chi connectivity index (χ4v) is 1.00. The van der Waals surface area contributed by atoms with Gasteiger partial charge in [-0.2, -0.15) is 0 Å². The Balaban J connectivity index is 4.10. The van der Waals surface area contributed by atoms with E-state index in [1.165, 1.54) is 0 Å². The summed E-state index contributed by atoms with van der Waals surface area (Å²) in [5, 5.41) is 11.0. The number of aliphatic carboxylic acids is 1. The number of rotatable bonds is 5. The number of carboxylic acids is 1. The van der Waals surface area contributed by atoms with Crippen molar-refractivity contribution in [3.63, 3.8) is 0 Å². The zero-order chi connectivity index (χ0) is 10.4. The number of carbonyl (C=O) groups excluding carboxylic acids is 1. The highest BCUT2D eigenvalue weighted by molar-refractivity contribution is 6.27. The summed E-state index contributed by atoms with van der Waals surface area (Å²) in [6.45, 7) is 3.78. The SMILES string of the molecule is CC(C)C[C@H](NC(=O)CCl)C(=O)O. The highest BCUT2D eigenvalue weighted by atomic mass is 35.5. The van der Waals surface area contributed by atoms with Gasteiger partial charge in [0.05, 0.1) is 0 Å². The van der Waals surface area contributed by atoms with E-state index in [4.69, 9.17) is 16.7 Å². The van der Waals surface area contributed by atoms with Crippen LogP contribution in [0.3, 0.4) is 0 Å². The number of amides is 1. The van der Waals surface area contributed by atoms with E-state index in [2.05, 4.69) is 5.32 Å². The maximum Gasteiger partial charge on any atom is 0.326 e. The Labute approximate surface area is 82.3 Å². The topological polar surface area (TPSA) is 66.4 Å². The molecule has 0 aliphatic heterocycles. The molecule has 0 saturated carbocycles. The molecular weight excluding hydrogens is 194 g/mol. The summed E-state index contributed by atoms with van der Waals surface area (Å²) in [7, 11) is 0. The fourth-order valence-electron chi connectivity index (χ4n) is 0.926. The summed E-state index contributed by atoms with van der Waals surface area (Å²) in [6, 6.07) is -0.828.